The first-order chi connectivity index (χ1) is 29.8. The number of carbonyl (C=O) groups excluding carboxylic acids is 2. The molecule has 0 fully saturated rings. The molecular formula is C50H66N2O9SSi. The quantitative estimate of drug-likeness (QED) is 0.0339. The van der Waals surface area contributed by atoms with Gasteiger partial charge in [-0.15, -0.1) is 11.3 Å². The molecule has 340 valence electrons. The minimum Gasteiger partial charge on any atom is -0.497 e. The van der Waals surface area contributed by atoms with Gasteiger partial charge in [-0.3, -0.25) is 4.79 Å². The molecular weight excluding hydrogens is 833 g/mol. The molecule has 4 rings (SSSR count). The SMILES string of the molecule is COc1ccc(COC[C@H](Cc2nc([C@@H](C)C[C@H](CC(=O)O[C@@H](C)C/C(C)=C/C=C\C(=O)O)NC(=O)OC(C)(C)C)cs2)O[Si](c2ccccc2)(c2ccccc2)C(C)(C)C)cc1. The van der Waals surface area contributed by atoms with E-state index in [0.717, 1.165) is 33.7 Å². The number of methoxy groups -OCH3 is 1. The summed E-state index contributed by atoms with van der Waals surface area (Å²) in [7, 11) is -1.32. The van der Waals surface area contributed by atoms with Gasteiger partial charge >= 0.3 is 18.0 Å². The van der Waals surface area contributed by atoms with E-state index < -0.39 is 44.1 Å². The van der Waals surface area contributed by atoms with Crippen molar-refractivity contribution in [2.24, 2.45) is 0 Å². The number of ether oxygens (including phenoxy) is 4. The highest BCUT2D eigenvalue weighted by Gasteiger charge is 2.51. The van der Waals surface area contributed by atoms with Crippen LogP contribution < -0.4 is 20.4 Å². The molecule has 0 unspecified atom stereocenters. The fourth-order valence-corrected chi connectivity index (χ4v) is 13.1. The molecule has 11 nitrogen and oxygen atoms in total. The third-order valence-electron chi connectivity index (χ3n) is 10.3. The number of allylic oxidation sites excluding steroid dienone is 2. The highest BCUT2D eigenvalue weighted by Crippen LogP contribution is 2.38. The average molecular weight is 899 g/mol. The van der Waals surface area contributed by atoms with Crippen LogP contribution in [0.4, 0.5) is 4.79 Å². The lowest BCUT2D eigenvalue weighted by Crippen LogP contribution is -2.68. The van der Waals surface area contributed by atoms with E-state index in [9.17, 15) is 14.4 Å². The van der Waals surface area contributed by atoms with Gasteiger partial charge in [-0.1, -0.05) is 118 Å². The van der Waals surface area contributed by atoms with Crippen LogP contribution in [0.25, 0.3) is 0 Å². The first-order valence-electron chi connectivity index (χ1n) is 21.5. The van der Waals surface area contributed by atoms with Gasteiger partial charge in [0.2, 0.25) is 0 Å². The monoisotopic (exact) mass is 898 g/mol. The molecule has 2 N–H and O–H groups in total. The van der Waals surface area contributed by atoms with Crippen LogP contribution in [-0.4, -0.2) is 74.0 Å². The lowest BCUT2D eigenvalue weighted by molar-refractivity contribution is -0.148. The van der Waals surface area contributed by atoms with Gasteiger partial charge in [-0.25, -0.2) is 14.6 Å². The number of carbonyl (C=O) groups is 3. The number of benzene rings is 3. The van der Waals surface area contributed by atoms with Gasteiger partial charge in [0.05, 0.1) is 43.5 Å². The minimum atomic E-state index is -2.97. The Hall–Kier alpha value is -5.08. The summed E-state index contributed by atoms with van der Waals surface area (Å²) in [6.45, 7) is 18.5. The van der Waals surface area contributed by atoms with Crippen molar-refractivity contribution in [3.8, 4) is 5.75 Å². The van der Waals surface area contributed by atoms with Gasteiger partial charge in [-0.2, -0.15) is 0 Å². The number of hydrogen-bond donors (Lipinski definition) is 2. The molecule has 3 aromatic carbocycles. The second-order valence-electron chi connectivity index (χ2n) is 18.0. The zero-order valence-electron chi connectivity index (χ0n) is 38.5. The highest BCUT2D eigenvalue weighted by atomic mass is 32.1. The molecule has 1 aromatic heterocycles. The Morgan fingerprint density at radius 1 is 0.889 bits per heavy atom. The normalized spacial score (nSPS) is 14.4. The summed E-state index contributed by atoms with van der Waals surface area (Å²) in [6, 6.07) is 28.4. The van der Waals surface area contributed by atoms with E-state index in [-0.39, 0.29) is 23.5 Å². The smallest absolute Gasteiger partial charge is 0.407 e. The summed E-state index contributed by atoms with van der Waals surface area (Å²) in [5.41, 5.74) is 1.98. The van der Waals surface area contributed by atoms with Crippen molar-refractivity contribution >= 4 is 48.1 Å². The first kappa shape index (κ1) is 50.6. The van der Waals surface area contributed by atoms with Crippen molar-refractivity contribution in [2.45, 2.75) is 129 Å². The Bertz CT molecular complexity index is 2070. The molecule has 0 saturated heterocycles. The number of esters is 1. The number of amides is 1. The van der Waals surface area contributed by atoms with Gasteiger partial charge in [0, 0.05) is 36.3 Å². The molecule has 0 aliphatic rings. The number of alkyl carbamates (subject to hydrolysis) is 1. The zero-order valence-corrected chi connectivity index (χ0v) is 40.3. The van der Waals surface area contributed by atoms with Crippen LogP contribution in [0.1, 0.15) is 104 Å². The molecule has 63 heavy (non-hydrogen) atoms. The highest BCUT2D eigenvalue weighted by molar-refractivity contribution is 7.09. The van der Waals surface area contributed by atoms with Crippen LogP contribution in [-0.2, 0) is 41.3 Å². The number of hydrogen-bond acceptors (Lipinski definition) is 10. The van der Waals surface area contributed by atoms with Gasteiger partial charge in [0.25, 0.3) is 8.32 Å². The van der Waals surface area contributed by atoms with Crippen molar-refractivity contribution in [1.82, 2.24) is 10.3 Å². The molecule has 0 bridgehead atoms. The number of thiazole rings is 1. The lowest BCUT2D eigenvalue weighted by atomic mass is 9.97. The van der Waals surface area contributed by atoms with Crippen LogP contribution in [0, 0.1) is 0 Å². The van der Waals surface area contributed by atoms with E-state index in [2.05, 4.69) is 74.6 Å². The minimum absolute atomic E-state index is 0.0769. The predicted molar refractivity (Wildman–Crippen MR) is 252 cm³/mol. The van der Waals surface area contributed by atoms with E-state index in [1.54, 1.807) is 52.2 Å². The lowest BCUT2D eigenvalue weighted by Gasteiger charge is -2.45. The van der Waals surface area contributed by atoms with E-state index in [0.29, 0.717) is 32.5 Å². The Labute approximate surface area is 379 Å². The van der Waals surface area contributed by atoms with Gasteiger partial charge in [0.1, 0.15) is 17.5 Å². The van der Waals surface area contributed by atoms with Gasteiger partial charge in [-0.05, 0) is 74.1 Å². The molecule has 1 heterocycles. The van der Waals surface area contributed by atoms with Crippen LogP contribution in [0.2, 0.25) is 5.04 Å². The van der Waals surface area contributed by atoms with Crippen LogP contribution in [0.15, 0.2) is 114 Å². The number of carboxylic acid groups (broad SMARTS) is 1. The second kappa shape index (κ2) is 23.6. The Balaban J connectivity index is 1.58. The molecule has 0 saturated carbocycles. The van der Waals surface area contributed by atoms with Gasteiger partial charge in [0.15, 0.2) is 0 Å². The van der Waals surface area contributed by atoms with E-state index in [4.69, 9.17) is 33.5 Å². The maximum atomic E-state index is 13.3. The number of nitrogens with zero attached hydrogens (tertiary/aromatic N) is 1. The zero-order chi connectivity index (χ0) is 46.2. The number of aliphatic carboxylic acids is 1. The van der Waals surface area contributed by atoms with E-state index in [1.807, 2.05) is 55.6 Å². The summed E-state index contributed by atoms with van der Waals surface area (Å²) in [5, 5.41) is 16.8. The third kappa shape index (κ3) is 16.2. The summed E-state index contributed by atoms with van der Waals surface area (Å²) in [4.78, 5) is 42.3. The fourth-order valence-electron chi connectivity index (χ4n) is 7.49. The molecule has 0 aliphatic carbocycles. The molecule has 4 aromatic rings. The number of nitrogens with one attached hydrogen (secondary N) is 1. The maximum absolute atomic E-state index is 13.3. The molecule has 13 heteroatoms. The Kier molecular flexibility index (Phi) is 18.9. The van der Waals surface area contributed by atoms with Crippen molar-refractivity contribution in [2.75, 3.05) is 13.7 Å². The number of carboxylic acids is 1. The summed E-state index contributed by atoms with van der Waals surface area (Å²) in [6.07, 6.45) is 3.97. The maximum Gasteiger partial charge on any atom is 0.407 e. The topological polar surface area (TPSA) is 143 Å². The van der Waals surface area contributed by atoms with Crippen molar-refractivity contribution in [1.29, 1.82) is 0 Å². The first-order valence-corrected chi connectivity index (χ1v) is 24.3. The van der Waals surface area contributed by atoms with E-state index in [1.165, 1.54) is 16.4 Å². The number of aromatic nitrogens is 1. The summed E-state index contributed by atoms with van der Waals surface area (Å²) in [5.74, 6) is -0.873. The van der Waals surface area contributed by atoms with Crippen molar-refractivity contribution in [3.05, 3.63) is 130 Å². The fraction of sp³-hybridized carbons (Fsp3) is 0.440. The second-order valence-corrected chi connectivity index (χ2v) is 23.2. The molecule has 0 aliphatic heterocycles. The molecule has 4 atom stereocenters. The van der Waals surface area contributed by atoms with E-state index >= 15 is 0 Å². The van der Waals surface area contributed by atoms with Crippen LogP contribution in [0.5, 0.6) is 5.75 Å². The summed E-state index contributed by atoms with van der Waals surface area (Å²) < 4.78 is 30.7. The third-order valence-corrected chi connectivity index (χ3v) is 16.3. The Morgan fingerprint density at radius 3 is 2.06 bits per heavy atom. The van der Waals surface area contributed by atoms with Crippen LogP contribution in [0.3, 0.4) is 0 Å². The van der Waals surface area contributed by atoms with Crippen molar-refractivity contribution < 1.29 is 42.9 Å². The standard InChI is InChI=1S/C50H66N2O9SSi/c1-35(18-17-23-46(53)54)28-37(3)59-47(55)30-39(51-48(56)60-49(4,5)6)29-36(2)44-34-62-45(52-44)31-41(33-58-32-38-24-26-40(57-10)27-25-38)61-63(50(7,8)9,42-19-13-11-14-20-42)43-21-15-12-16-22-43/h11-27,34,36-37,39,41H,28-33H2,1-10H3,(H,51,56)(H,53,54)/b23-17-,35-18+/t36-,37-,39+,41-/m0/s1. The van der Waals surface area contributed by atoms with Gasteiger partial charge < -0.3 is 33.8 Å². The summed E-state index contributed by atoms with van der Waals surface area (Å²) >= 11 is 1.56. The largest absolute Gasteiger partial charge is 0.497 e. The van der Waals surface area contributed by atoms with Crippen LogP contribution >= 0.6 is 11.3 Å². The number of rotatable bonds is 22. The average Bonchev–Trinajstić information content (AvgIpc) is 3.68. The Morgan fingerprint density at radius 2 is 1.51 bits per heavy atom. The predicted octanol–water partition coefficient (Wildman–Crippen LogP) is 9.54. The molecule has 0 spiro atoms. The molecule has 1 amide bonds. The van der Waals surface area contributed by atoms with Crippen molar-refractivity contribution in [3.63, 3.8) is 0 Å². The molecule has 0 radical (unpaired) electrons.